The van der Waals surface area contributed by atoms with Crippen LogP contribution in [0, 0.1) is 0 Å². The van der Waals surface area contributed by atoms with Crippen molar-refractivity contribution < 1.29 is 10.2 Å². The molecule has 0 amide bonds. The molecule has 3 atom stereocenters. The third kappa shape index (κ3) is 6.99. The van der Waals surface area contributed by atoms with E-state index in [0.717, 1.165) is 32.1 Å². The minimum absolute atomic E-state index is 0.126. The first-order chi connectivity index (χ1) is 6.07. The van der Waals surface area contributed by atoms with Gasteiger partial charge < -0.3 is 15.9 Å². The Hall–Kier alpha value is -0.120. The van der Waals surface area contributed by atoms with E-state index in [4.69, 9.17) is 10.8 Å². The van der Waals surface area contributed by atoms with E-state index in [2.05, 4.69) is 0 Å². The highest BCUT2D eigenvalue weighted by molar-refractivity contribution is 4.71. The average molecular weight is 189 g/mol. The van der Waals surface area contributed by atoms with E-state index in [-0.39, 0.29) is 18.2 Å². The molecule has 0 aliphatic carbocycles. The summed E-state index contributed by atoms with van der Waals surface area (Å²) < 4.78 is 0. The van der Waals surface area contributed by atoms with Crippen molar-refractivity contribution in [3.05, 3.63) is 0 Å². The molecule has 3 nitrogen and oxygen atoms in total. The summed E-state index contributed by atoms with van der Waals surface area (Å²) in [6.45, 7) is 3.81. The molecule has 0 aromatic carbocycles. The molecule has 0 saturated carbocycles. The van der Waals surface area contributed by atoms with Crippen molar-refractivity contribution in [2.45, 2.75) is 64.2 Å². The lowest BCUT2D eigenvalue weighted by molar-refractivity contribution is 0.124. The monoisotopic (exact) mass is 189 g/mol. The van der Waals surface area contributed by atoms with E-state index in [1.54, 1.807) is 6.92 Å². The Morgan fingerprint density at radius 3 is 2.23 bits per heavy atom. The Morgan fingerprint density at radius 1 is 1.15 bits per heavy atom. The van der Waals surface area contributed by atoms with Crippen LogP contribution in [0.25, 0.3) is 0 Å². The standard InChI is InChI=1S/C10H23NO2/c1-3-5-10(13)9(11)7-4-6-8(2)12/h8-10,12-13H,3-7,11H2,1-2H3. The molecular formula is C10H23NO2. The maximum absolute atomic E-state index is 9.50. The second-order valence-corrected chi connectivity index (χ2v) is 3.80. The summed E-state index contributed by atoms with van der Waals surface area (Å²) >= 11 is 0. The van der Waals surface area contributed by atoms with E-state index in [1.807, 2.05) is 6.92 Å². The van der Waals surface area contributed by atoms with Gasteiger partial charge in [-0.3, -0.25) is 0 Å². The highest BCUT2D eigenvalue weighted by Gasteiger charge is 2.13. The first kappa shape index (κ1) is 12.9. The molecule has 0 aromatic rings. The van der Waals surface area contributed by atoms with Gasteiger partial charge in [0.15, 0.2) is 0 Å². The lowest BCUT2D eigenvalue weighted by Crippen LogP contribution is -2.34. The number of aliphatic hydroxyl groups is 2. The van der Waals surface area contributed by atoms with Gasteiger partial charge in [0.25, 0.3) is 0 Å². The summed E-state index contributed by atoms with van der Waals surface area (Å²) in [7, 11) is 0. The SMILES string of the molecule is CCCC(O)C(N)CCCC(C)O. The molecule has 4 N–H and O–H groups in total. The van der Waals surface area contributed by atoms with Gasteiger partial charge >= 0.3 is 0 Å². The third-order valence-corrected chi connectivity index (χ3v) is 2.24. The van der Waals surface area contributed by atoms with E-state index in [0.29, 0.717) is 0 Å². The van der Waals surface area contributed by atoms with Crippen LogP contribution >= 0.6 is 0 Å². The second-order valence-electron chi connectivity index (χ2n) is 3.80. The van der Waals surface area contributed by atoms with Gasteiger partial charge in [0.05, 0.1) is 12.2 Å². The summed E-state index contributed by atoms with van der Waals surface area (Å²) in [6.07, 6.45) is 3.56. The zero-order valence-corrected chi connectivity index (χ0v) is 8.74. The largest absolute Gasteiger partial charge is 0.393 e. The first-order valence-electron chi connectivity index (χ1n) is 5.19. The molecule has 0 spiro atoms. The Bertz CT molecular complexity index is 117. The lowest BCUT2D eigenvalue weighted by Gasteiger charge is -2.18. The van der Waals surface area contributed by atoms with Crippen molar-refractivity contribution in [1.82, 2.24) is 0 Å². The van der Waals surface area contributed by atoms with Gasteiger partial charge in [-0.1, -0.05) is 13.3 Å². The maximum Gasteiger partial charge on any atom is 0.0691 e. The van der Waals surface area contributed by atoms with Gasteiger partial charge in [-0.2, -0.15) is 0 Å². The predicted octanol–water partition coefficient (Wildman–Crippen LogP) is 1.03. The molecular weight excluding hydrogens is 166 g/mol. The molecule has 0 saturated heterocycles. The molecule has 0 bridgehead atoms. The van der Waals surface area contributed by atoms with Gasteiger partial charge in [0, 0.05) is 6.04 Å². The molecule has 3 unspecified atom stereocenters. The van der Waals surface area contributed by atoms with E-state index in [9.17, 15) is 5.11 Å². The van der Waals surface area contributed by atoms with Gasteiger partial charge in [-0.25, -0.2) is 0 Å². The average Bonchev–Trinajstić information content (AvgIpc) is 2.04. The zero-order chi connectivity index (χ0) is 10.3. The zero-order valence-electron chi connectivity index (χ0n) is 8.74. The van der Waals surface area contributed by atoms with Gasteiger partial charge in [-0.15, -0.1) is 0 Å². The fourth-order valence-electron chi connectivity index (χ4n) is 1.35. The highest BCUT2D eigenvalue weighted by Crippen LogP contribution is 2.08. The van der Waals surface area contributed by atoms with Crippen LogP contribution in [-0.2, 0) is 0 Å². The molecule has 0 radical (unpaired) electrons. The van der Waals surface area contributed by atoms with Crippen LogP contribution in [0.1, 0.15) is 46.0 Å². The van der Waals surface area contributed by atoms with Crippen LogP contribution in [0.2, 0.25) is 0 Å². The van der Waals surface area contributed by atoms with Gasteiger partial charge in [0.1, 0.15) is 0 Å². The second kappa shape index (κ2) is 7.30. The van der Waals surface area contributed by atoms with Crippen LogP contribution in [0.4, 0.5) is 0 Å². The smallest absolute Gasteiger partial charge is 0.0691 e. The van der Waals surface area contributed by atoms with Crippen LogP contribution in [0.3, 0.4) is 0 Å². The number of hydrogen-bond acceptors (Lipinski definition) is 3. The van der Waals surface area contributed by atoms with Crippen molar-refractivity contribution in [2.24, 2.45) is 5.73 Å². The summed E-state index contributed by atoms with van der Waals surface area (Å²) in [6, 6.07) is -0.126. The normalized spacial score (nSPS) is 18.2. The van der Waals surface area contributed by atoms with Crippen LogP contribution in [-0.4, -0.2) is 28.5 Å². The predicted molar refractivity (Wildman–Crippen MR) is 54.4 cm³/mol. The summed E-state index contributed by atoms with van der Waals surface area (Å²) in [5.74, 6) is 0. The van der Waals surface area contributed by atoms with Crippen molar-refractivity contribution in [3.63, 3.8) is 0 Å². The lowest BCUT2D eigenvalue weighted by atomic mass is 10.0. The first-order valence-corrected chi connectivity index (χ1v) is 5.19. The molecule has 0 aromatic heterocycles. The molecule has 3 heteroatoms. The maximum atomic E-state index is 9.50. The van der Waals surface area contributed by atoms with Crippen LogP contribution < -0.4 is 5.73 Å². The fraction of sp³-hybridized carbons (Fsp3) is 1.00. The van der Waals surface area contributed by atoms with Crippen LogP contribution in [0.15, 0.2) is 0 Å². The third-order valence-electron chi connectivity index (χ3n) is 2.24. The van der Waals surface area contributed by atoms with Gasteiger partial charge in [0.2, 0.25) is 0 Å². The summed E-state index contributed by atoms with van der Waals surface area (Å²) in [5, 5.41) is 18.5. The number of nitrogens with two attached hydrogens (primary N) is 1. The quantitative estimate of drug-likeness (QED) is 0.560. The molecule has 0 heterocycles. The highest BCUT2D eigenvalue weighted by atomic mass is 16.3. The van der Waals surface area contributed by atoms with Crippen molar-refractivity contribution >= 4 is 0 Å². The fourth-order valence-corrected chi connectivity index (χ4v) is 1.35. The van der Waals surface area contributed by atoms with Crippen molar-refractivity contribution in [1.29, 1.82) is 0 Å². The molecule has 0 fully saturated rings. The van der Waals surface area contributed by atoms with Gasteiger partial charge in [-0.05, 0) is 32.6 Å². The number of aliphatic hydroxyl groups excluding tert-OH is 2. The van der Waals surface area contributed by atoms with Crippen molar-refractivity contribution in [3.8, 4) is 0 Å². The number of rotatable bonds is 7. The summed E-state index contributed by atoms with van der Waals surface area (Å²) in [4.78, 5) is 0. The Morgan fingerprint density at radius 2 is 1.77 bits per heavy atom. The topological polar surface area (TPSA) is 66.5 Å². The Kier molecular flexibility index (Phi) is 7.23. The molecule has 80 valence electrons. The van der Waals surface area contributed by atoms with E-state index < -0.39 is 0 Å². The van der Waals surface area contributed by atoms with Crippen molar-refractivity contribution in [2.75, 3.05) is 0 Å². The molecule has 0 aliphatic heterocycles. The number of hydrogen-bond donors (Lipinski definition) is 3. The minimum Gasteiger partial charge on any atom is -0.393 e. The molecule has 13 heavy (non-hydrogen) atoms. The minimum atomic E-state index is -0.376. The van der Waals surface area contributed by atoms with E-state index in [1.165, 1.54) is 0 Å². The Labute approximate surface area is 81.0 Å². The molecule has 0 aliphatic rings. The molecule has 0 rings (SSSR count). The summed E-state index contributed by atoms with van der Waals surface area (Å²) in [5.41, 5.74) is 5.76. The van der Waals surface area contributed by atoms with E-state index >= 15 is 0 Å². The van der Waals surface area contributed by atoms with Crippen LogP contribution in [0.5, 0.6) is 0 Å². The Balaban J connectivity index is 3.43.